The topological polar surface area (TPSA) is 68.0 Å². The number of carbonyl (C=O) groups is 1. The molecule has 1 rings (SSSR count). The lowest BCUT2D eigenvalue weighted by Gasteiger charge is -2.23. The van der Waals surface area contributed by atoms with Crippen molar-refractivity contribution in [3.63, 3.8) is 0 Å². The van der Waals surface area contributed by atoms with Gasteiger partial charge in [-0.1, -0.05) is 0 Å². The van der Waals surface area contributed by atoms with Crippen molar-refractivity contribution in [2.75, 3.05) is 6.54 Å². The molecule has 1 aromatic heterocycles. The Labute approximate surface area is 125 Å². The molecule has 0 unspecified atom stereocenters. The first kappa shape index (κ1) is 20.0. The fraction of sp³-hybridized carbons (Fsp3) is 0.636. The van der Waals surface area contributed by atoms with Crippen molar-refractivity contribution in [2.45, 2.75) is 39.7 Å². The molecule has 106 valence electrons. The highest BCUT2D eigenvalue weighted by Gasteiger charge is 2.26. The molecular formula is C11H21Cl2N3OS. The van der Waals surface area contributed by atoms with Gasteiger partial charge in [0.15, 0.2) is 0 Å². The Morgan fingerprint density at radius 3 is 2.33 bits per heavy atom. The molecule has 7 heteroatoms. The maximum Gasteiger partial charge on any atom is 0.222 e. The number of hydrogen-bond acceptors (Lipinski definition) is 4. The molecule has 1 amide bonds. The zero-order chi connectivity index (χ0) is 12.3. The maximum atomic E-state index is 11.5. The highest BCUT2D eigenvalue weighted by atomic mass is 35.5. The van der Waals surface area contributed by atoms with Gasteiger partial charge in [-0.05, 0) is 27.7 Å². The molecule has 18 heavy (non-hydrogen) atoms. The lowest BCUT2D eigenvalue weighted by atomic mass is 10.1. The summed E-state index contributed by atoms with van der Waals surface area (Å²) in [5, 5.41) is 3.88. The van der Waals surface area contributed by atoms with Crippen LogP contribution in [0.5, 0.6) is 0 Å². The normalized spacial score (nSPS) is 10.3. The minimum atomic E-state index is -0.421. The first-order chi connectivity index (χ1) is 7.36. The molecule has 0 aliphatic rings. The Hall–Kier alpha value is -0.360. The van der Waals surface area contributed by atoms with E-state index in [2.05, 4.69) is 10.3 Å². The average molecular weight is 314 g/mol. The number of aryl methyl sites for hydroxylation is 2. The molecule has 4 nitrogen and oxygen atoms in total. The van der Waals surface area contributed by atoms with Crippen molar-refractivity contribution in [2.24, 2.45) is 5.73 Å². The number of nitrogens with one attached hydrogen (secondary N) is 1. The van der Waals surface area contributed by atoms with Gasteiger partial charge in [0.25, 0.3) is 0 Å². The van der Waals surface area contributed by atoms with Gasteiger partial charge in [-0.2, -0.15) is 0 Å². The van der Waals surface area contributed by atoms with E-state index >= 15 is 0 Å². The Morgan fingerprint density at radius 1 is 1.39 bits per heavy atom. The van der Waals surface area contributed by atoms with Crippen LogP contribution in [0.3, 0.4) is 0 Å². The van der Waals surface area contributed by atoms with Crippen molar-refractivity contribution < 1.29 is 4.79 Å². The van der Waals surface area contributed by atoms with E-state index in [1.165, 1.54) is 4.88 Å². The number of halogens is 2. The second kappa shape index (κ2) is 7.94. The second-order valence-electron chi connectivity index (χ2n) is 4.37. The summed E-state index contributed by atoms with van der Waals surface area (Å²) >= 11 is 1.62. The highest BCUT2D eigenvalue weighted by Crippen LogP contribution is 2.27. The van der Waals surface area contributed by atoms with Crippen LogP contribution < -0.4 is 11.1 Å². The fourth-order valence-corrected chi connectivity index (χ4v) is 2.31. The molecule has 1 aromatic rings. The Kier molecular flexibility index (Phi) is 8.81. The van der Waals surface area contributed by atoms with Gasteiger partial charge in [0.1, 0.15) is 5.01 Å². The van der Waals surface area contributed by atoms with Crippen molar-refractivity contribution in [3.05, 3.63) is 15.6 Å². The van der Waals surface area contributed by atoms with Gasteiger partial charge >= 0.3 is 0 Å². The van der Waals surface area contributed by atoms with E-state index in [1.807, 2.05) is 27.7 Å². The van der Waals surface area contributed by atoms with Gasteiger partial charge in [-0.25, -0.2) is 4.98 Å². The standard InChI is InChI=1S/C11H19N3OS.2ClH/c1-7-8(2)16-10(13-7)11(3,4)14-9(15)5-6-12;;/h5-6,12H2,1-4H3,(H,14,15);2*1H. The molecule has 0 spiro atoms. The summed E-state index contributed by atoms with van der Waals surface area (Å²) < 4.78 is 0. The number of aromatic nitrogens is 1. The van der Waals surface area contributed by atoms with Crippen molar-refractivity contribution in [3.8, 4) is 0 Å². The van der Waals surface area contributed by atoms with Gasteiger partial charge in [-0.15, -0.1) is 36.2 Å². The number of amides is 1. The average Bonchev–Trinajstić information content (AvgIpc) is 2.47. The molecule has 0 atom stereocenters. The van der Waals surface area contributed by atoms with Crippen LogP contribution >= 0.6 is 36.2 Å². The summed E-state index contributed by atoms with van der Waals surface area (Å²) in [7, 11) is 0. The van der Waals surface area contributed by atoms with E-state index in [9.17, 15) is 4.79 Å². The summed E-state index contributed by atoms with van der Waals surface area (Å²) in [5.74, 6) is -0.0296. The van der Waals surface area contributed by atoms with E-state index in [0.717, 1.165) is 10.7 Å². The predicted molar refractivity (Wildman–Crippen MR) is 80.9 cm³/mol. The molecule has 3 N–H and O–H groups in total. The zero-order valence-electron chi connectivity index (χ0n) is 11.1. The summed E-state index contributed by atoms with van der Waals surface area (Å²) in [4.78, 5) is 17.2. The number of rotatable bonds is 4. The van der Waals surface area contributed by atoms with Gasteiger partial charge < -0.3 is 11.1 Å². The SMILES string of the molecule is Cc1nc(C(C)(C)NC(=O)CCN)sc1C.Cl.Cl. The Bertz CT molecular complexity index is 374. The van der Waals surface area contributed by atoms with E-state index in [4.69, 9.17) is 5.73 Å². The van der Waals surface area contributed by atoms with Crippen molar-refractivity contribution in [1.82, 2.24) is 10.3 Å². The zero-order valence-corrected chi connectivity index (χ0v) is 13.5. The van der Waals surface area contributed by atoms with Crippen LogP contribution in [0.15, 0.2) is 0 Å². The van der Waals surface area contributed by atoms with Crippen LogP contribution in [0.4, 0.5) is 0 Å². The smallest absolute Gasteiger partial charge is 0.222 e. The summed E-state index contributed by atoms with van der Waals surface area (Å²) in [6.45, 7) is 8.30. The minimum Gasteiger partial charge on any atom is -0.345 e. The molecule has 1 heterocycles. The van der Waals surface area contributed by atoms with Crippen LogP contribution in [-0.4, -0.2) is 17.4 Å². The molecule has 0 saturated carbocycles. The van der Waals surface area contributed by atoms with Crippen LogP contribution in [0.25, 0.3) is 0 Å². The van der Waals surface area contributed by atoms with Crippen LogP contribution in [0, 0.1) is 13.8 Å². The van der Waals surface area contributed by atoms with Crippen molar-refractivity contribution >= 4 is 42.1 Å². The van der Waals surface area contributed by atoms with Crippen LogP contribution in [-0.2, 0) is 10.3 Å². The molecule has 0 fully saturated rings. The van der Waals surface area contributed by atoms with Gasteiger partial charge in [0.2, 0.25) is 5.91 Å². The third-order valence-electron chi connectivity index (χ3n) is 2.39. The third kappa shape index (κ3) is 5.10. The quantitative estimate of drug-likeness (QED) is 0.896. The highest BCUT2D eigenvalue weighted by molar-refractivity contribution is 7.11. The number of hydrogen-bond donors (Lipinski definition) is 2. The predicted octanol–water partition coefficient (Wildman–Crippen LogP) is 2.30. The van der Waals surface area contributed by atoms with E-state index in [-0.39, 0.29) is 30.7 Å². The third-order valence-corrected chi connectivity index (χ3v) is 3.78. The molecule has 0 radical (unpaired) electrons. The number of nitrogens with two attached hydrogens (primary N) is 1. The van der Waals surface area contributed by atoms with Crippen molar-refractivity contribution in [1.29, 1.82) is 0 Å². The molecule has 0 aliphatic heterocycles. The Balaban J connectivity index is 0. The van der Waals surface area contributed by atoms with E-state index in [1.54, 1.807) is 11.3 Å². The minimum absolute atomic E-state index is 0. The molecule has 0 aliphatic carbocycles. The number of carbonyl (C=O) groups excluding carboxylic acids is 1. The Morgan fingerprint density at radius 2 is 1.94 bits per heavy atom. The number of thiazole rings is 1. The van der Waals surface area contributed by atoms with E-state index < -0.39 is 5.54 Å². The first-order valence-electron chi connectivity index (χ1n) is 5.32. The number of nitrogens with zero attached hydrogens (tertiary/aromatic N) is 1. The molecule has 0 saturated heterocycles. The molecular weight excluding hydrogens is 293 g/mol. The summed E-state index contributed by atoms with van der Waals surface area (Å²) in [6.07, 6.45) is 0.354. The van der Waals surface area contributed by atoms with Crippen LogP contribution in [0.2, 0.25) is 0 Å². The first-order valence-corrected chi connectivity index (χ1v) is 6.14. The van der Waals surface area contributed by atoms with Gasteiger partial charge in [0, 0.05) is 17.8 Å². The maximum absolute atomic E-state index is 11.5. The van der Waals surface area contributed by atoms with E-state index in [0.29, 0.717) is 13.0 Å². The fourth-order valence-electron chi connectivity index (χ4n) is 1.34. The summed E-state index contributed by atoms with van der Waals surface area (Å²) in [6, 6.07) is 0. The van der Waals surface area contributed by atoms with Gasteiger partial charge in [0.05, 0.1) is 11.2 Å². The van der Waals surface area contributed by atoms with Gasteiger partial charge in [-0.3, -0.25) is 4.79 Å². The second-order valence-corrected chi connectivity index (χ2v) is 5.58. The lowest BCUT2D eigenvalue weighted by Crippen LogP contribution is -2.41. The monoisotopic (exact) mass is 313 g/mol. The van der Waals surface area contributed by atoms with Crippen LogP contribution in [0.1, 0.15) is 35.8 Å². The lowest BCUT2D eigenvalue weighted by molar-refractivity contribution is -0.122. The summed E-state index contributed by atoms with van der Waals surface area (Å²) in [5.41, 5.74) is 5.95. The molecule has 0 aromatic carbocycles. The molecule has 0 bridgehead atoms. The largest absolute Gasteiger partial charge is 0.345 e.